The molecule has 3 rings (SSSR count). The Kier molecular flexibility index (Phi) is 5.66. The van der Waals surface area contributed by atoms with E-state index in [1.54, 1.807) is 18.4 Å². The molecule has 0 saturated carbocycles. The standard InChI is InChI=1S/C17H22N4O2S/c1-23-15-5-2-4-14(12-15)19-16(22)13-20-7-3-8-21(10-9-20)17-18-6-11-24-17/h2,4-6,11-12H,3,7-10,13H2,1H3,(H,19,22). The minimum Gasteiger partial charge on any atom is -0.497 e. The summed E-state index contributed by atoms with van der Waals surface area (Å²) < 4.78 is 5.18. The zero-order valence-electron chi connectivity index (χ0n) is 13.8. The van der Waals surface area contributed by atoms with Crippen molar-refractivity contribution in [3.8, 4) is 5.75 Å². The minimum atomic E-state index is 0.00551. The maximum absolute atomic E-state index is 12.3. The van der Waals surface area contributed by atoms with Gasteiger partial charge in [0, 0.05) is 49.5 Å². The quantitative estimate of drug-likeness (QED) is 0.900. The number of aromatic nitrogens is 1. The number of hydrogen-bond acceptors (Lipinski definition) is 6. The number of anilines is 2. The number of benzene rings is 1. The van der Waals surface area contributed by atoms with Gasteiger partial charge in [0.25, 0.3) is 0 Å². The third-order valence-electron chi connectivity index (χ3n) is 4.00. The van der Waals surface area contributed by atoms with Crippen molar-refractivity contribution in [2.24, 2.45) is 0 Å². The lowest BCUT2D eigenvalue weighted by molar-refractivity contribution is -0.117. The number of carbonyl (C=O) groups is 1. The number of thiazole rings is 1. The number of ether oxygens (including phenoxy) is 1. The van der Waals surface area contributed by atoms with Crippen LogP contribution < -0.4 is 15.0 Å². The van der Waals surface area contributed by atoms with E-state index in [4.69, 9.17) is 4.74 Å². The van der Waals surface area contributed by atoms with Crippen LogP contribution in [0, 0.1) is 0 Å². The molecule has 1 N–H and O–H groups in total. The second-order valence-electron chi connectivity index (χ2n) is 5.71. The number of nitrogens with zero attached hydrogens (tertiary/aromatic N) is 3. The average Bonchev–Trinajstić information content (AvgIpc) is 3.03. The summed E-state index contributed by atoms with van der Waals surface area (Å²) in [4.78, 5) is 21.2. The molecule has 24 heavy (non-hydrogen) atoms. The summed E-state index contributed by atoms with van der Waals surface area (Å²) in [6.45, 7) is 4.09. The molecule has 1 saturated heterocycles. The second-order valence-corrected chi connectivity index (χ2v) is 6.58. The molecule has 7 heteroatoms. The van der Waals surface area contributed by atoms with Crippen molar-refractivity contribution in [1.82, 2.24) is 9.88 Å². The van der Waals surface area contributed by atoms with Gasteiger partial charge in [-0.05, 0) is 18.6 Å². The highest BCUT2D eigenvalue weighted by atomic mass is 32.1. The number of rotatable bonds is 5. The molecule has 1 amide bonds. The van der Waals surface area contributed by atoms with Crippen LogP contribution in [0.1, 0.15) is 6.42 Å². The fourth-order valence-corrected chi connectivity index (χ4v) is 3.49. The maximum atomic E-state index is 12.3. The molecule has 2 aromatic rings. The molecule has 0 aliphatic carbocycles. The molecule has 128 valence electrons. The van der Waals surface area contributed by atoms with Crippen molar-refractivity contribution in [1.29, 1.82) is 0 Å². The Morgan fingerprint density at radius 3 is 3.04 bits per heavy atom. The van der Waals surface area contributed by atoms with E-state index in [0.29, 0.717) is 6.54 Å². The number of carbonyl (C=O) groups excluding carboxylic acids is 1. The first kappa shape index (κ1) is 16.7. The topological polar surface area (TPSA) is 57.7 Å². The molecule has 0 atom stereocenters. The Morgan fingerprint density at radius 1 is 1.33 bits per heavy atom. The first-order valence-electron chi connectivity index (χ1n) is 8.05. The zero-order valence-corrected chi connectivity index (χ0v) is 14.6. The summed E-state index contributed by atoms with van der Waals surface area (Å²) in [5, 5.41) is 6.01. The first-order valence-corrected chi connectivity index (χ1v) is 8.93. The second kappa shape index (κ2) is 8.12. The van der Waals surface area contributed by atoms with Gasteiger partial charge in [0.1, 0.15) is 5.75 Å². The lowest BCUT2D eigenvalue weighted by Gasteiger charge is -2.21. The third-order valence-corrected chi connectivity index (χ3v) is 4.83. The van der Waals surface area contributed by atoms with Crippen LogP contribution in [-0.4, -0.2) is 55.6 Å². The van der Waals surface area contributed by atoms with Crippen LogP contribution >= 0.6 is 11.3 Å². The fraction of sp³-hybridized carbons (Fsp3) is 0.412. The van der Waals surface area contributed by atoms with Crippen LogP contribution in [0.2, 0.25) is 0 Å². The monoisotopic (exact) mass is 346 g/mol. The van der Waals surface area contributed by atoms with E-state index in [1.165, 1.54) is 0 Å². The maximum Gasteiger partial charge on any atom is 0.238 e. The van der Waals surface area contributed by atoms with E-state index in [9.17, 15) is 4.79 Å². The van der Waals surface area contributed by atoms with Crippen molar-refractivity contribution in [2.75, 3.05) is 50.1 Å². The molecule has 1 aliphatic heterocycles. The fourth-order valence-electron chi connectivity index (χ4n) is 2.80. The van der Waals surface area contributed by atoms with Crippen molar-refractivity contribution in [2.45, 2.75) is 6.42 Å². The van der Waals surface area contributed by atoms with E-state index in [0.717, 1.165) is 49.2 Å². The predicted molar refractivity (Wildman–Crippen MR) is 97.0 cm³/mol. The molecule has 1 aromatic carbocycles. The highest BCUT2D eigenvalue weighted by molar-refractivity contribution is 7.13. The Bertz CT molecular complexity index is 662. The largest absolute Gasteiger partial charge is 0.497 e. The van der Waals surface area contributed by atoms with Gasteiger partial charge in [0.05, 0.1) is 13.7 Å². The van der Waals surface area contributed by atoms with Crippen LogP contribution in [0.3, 0.4) is 0 Å². The molecule has 1 aromatic heterocycles. The smallest absolute Gasteiger partial charge is 0.238 e. The van der Waals surface area contributed by atoms with E-state index in [-0.39, 0.29) is 5.91 Å². The van der Waals surface area contributed by atoms with E-state index >= 15 is 0 Å². The highest BCUT2D eigenvalue weighted by Gasteiger charge is 2.18. The molecule has 0 bridgehead atoms. The summed E-state index contributed by atoms with van der Waals surface area (Å²) in [6.07, 6.45) is 2.87. The third kappa shape index (κ3) is 4.46. The van der Waals surface area contributed by atoms with E-state index in [1.807, 2.05) is 35.8 Å². The average molecular weight is 346 g/mol. The molecule has 0 spiro atoms. The van der Waals surface area contributed by atoms with Crippen LogP contribution in [0.15, 0.2) is 35.8 Å². The first-order chi connectivity index (χ1) is 11.7. The number of nitrogens with one attached hydrogen (secondary N) is 1. The number of hydrogen-bond donors (Lipinski definition) is 1. The molecule has 0 radical (unpaired) electrons. The van der Waals surface area contributed by atoms with Gasteiger partial charge in [-0.1, -0.05) is 6.07 Å². The minimum absolute atomic E-state index is 0.00551. The molecule has 1 fully saturated rings. The normalized spacial score (nSPS) is 15.8. The van der Waals surface area contributed by atoms with Gasteiger partial charge < -0.3 is 15.0 Å². The van der Waals surface area contributed by atoms with E-state index in [2.05, 4.69) is 20.1 Å². The molecule has 0 unspecified atom stereocenters. The molecular formula is C17H22N4O2S. The molecule has 2 heterocycles. The molecule has 6 nitrogen and oxygen atoms in total. The van der Waals surface area contributed by atoms with Gasteiger partial charge >= 0.3 is 0 Å². The molecule has 1 aliphatic rings. The van der Waals surface area contributed by atoms with Crippen molar-refractivity contribution in [3.63, 3.8) is 0 Å². The number of methoxy groups -OCH3 is 1. The van der Waals surface area contributed by atoms with Crippen molar-refractivity contribution in [3.05, 3.63) is 35.8 Å². The van der Waals surface area contributed by atoms with Crippen molar-refractivity contribution < 1.29 is 9.53 Å². The summed E-state index contributed by atoms with van der Waals surface area (Å²) in [7, 11) is 1.62. The van der Waals surface area contributed by atoms with Gasteiger partial charge in [0.15, 0.2) is 5.13 Å². The van der Waals surface area contributed by atoms with Crippen molar-refractivity contribution >= 4 is 28.1 Å². The summed E-state index contributed by atoms with van der Waals surface area (Å²) in [5.74, 6) is 0.743. The van der Waals surface area contributed by atoms with Crippen LogP contribution in [0.5, 0.6) is 5.75 Å². The summed E-state index contributed by atoms with van der Waals surface area (Å²) in [5.41, 5.74) is 0.763. The van der Waals surface area contributed by atoms with Crippen LogP contribution in [0.25, 0.3) is 0 Å². The Hall–Kier alpha value is -2.12. The van der Waals surface area contributed by atoms with Crippen LogP contribution in [-0.2, 0) is 4.79 Å². The van der Waals surface area contributed by atoms with Gasteiger partial charge in [-0.25, -0.2) is 4.98 Å². The van der Waals surface area contributed by atoms with Gasteiger partial charge in [0.2, 0.25) is 5.91 Å². The molecular weight excluding hydrogens is 324 g/mol. The zero-order chi connectivity index (χ0) is 16.8. The lowest BCUT2D eigenvalue weighted by atomic mass is 10.3. The lowest BCUT2D eigenvalue weighted by Crippen LogP contribution is -2.36. The summed E-state index contributed by atoms with van der Waals surface area (Å²) in [6, 6.07) is 7.42. The highest BCUT2D eigenvalue weighted by Crippen LogP contribution is 2.19. The van der Waals surface area contributed by atoms with Gasteiger partial charge in [-0.15, -0.1) is 11.3 Å². The van der Waals surface area contributed by atoms with Crippen LogP contribution in [0.4, 0.5) is 10.8 Å². The predicted octanol–water partition coefficient (Wildman–Crippen LogP) is 2.30. The Labute approximate surface area is 146 Å². The summed E-state index contributed by atoms with van der Waals surface area (Å²) >= 11 is 1.66. The Morgan fingerprint density at radius 2 is 2.25 bits per heavy atom. The number of amides is 1. The van der Waals surface area contributed by atoms with Gasteiger partial charge in [-0.3, -0.25) is 9.69 Å². The van der Waals surface area contributed by atoms with E-state index < -0.39 is 0 Å². The van der Waals surface area contributed by atoms with Gasteiger partial charge in [-0.2, -0.15) is 0 Å². The SMILES string of the molecule is COc1cccc(NC(=O)CN2CCCN(c3nccs3)CC2)c1. The Balaban J connectivity index is 1.51.